The van der Waals surface area contributed by atoms with E-state index in [4.69, 9.17) is 4.74 Å². The Morgan fingerprint density at radius 2 is 1.86 bits per heavy atom. The number of hydrogen-bond acceptors (Lipinski definition) is 3. The van der Waals surface area contributed by atoms with Gasteiger partial charge in [-0.3, -0.25) is 0 Å². The summed E-state index contributed by atoms with van der Waals surface area (Å²) in [6, 6.07) is 7.68. The zero-order valence-electron chi connectivity index (χ0n) is 12.8. The highest BCUT2D eigenvalue weighted by Gasteiger charge is 2.62. The summed E-state index contributed by atoms with van der Waals surface area (Å²) in [6.45, 7) is 7.19. The average Bonchev–Trinajstić information content (AvgIpc) is 3.03. The quantitative estimate of drug-likeness (QED) is 0.898. The molecular formula is C16H21NO4. The number of rotatable bonds is 3. The highest BCUT2D eigenvalue weighted by molar-refractivity contribution is 5.90. The lowest BCUT2D eigenvalue weighted by Gasteiger charge is -2.22. The van der Waals surface area contributed by atoms with Crippen LogP contribution in [0.15, 0.2) is 24.3 Å². The van der Waals surface area contributed by atoms with Gasteiger partial charge in [0.1, 0.15) is 11.1 Å². The van der Waals surface area contributed by atoms with E-state index in [0.717, 1.165) is 11.1 Å². The number of amides is 1. The Balaban J connectivity index is 2.12. The lowest BCUT2D eigenvalue weighted by molar-refractivity contribution is -0.140. The van der Waals surface area contributed by atoms with Gasteiger partial charge in [-0.05, 0) is 39.7 Å². The van der Waals surface area contributed by atoms with Crippen LogP contribution in [-0.2, 0) is 9.53 Å². The monoisotopic (exact) mass is 291 g/mol. The third kappa shape index (κ3) is 3.35. The van der Waals surface area contributed by atoms with Gasteiger partial charge in [0.25, 0.3) is 0 Å². The van der Waals surface area contributed by atoms with Gasteiger partial charge in [0, 0.05) is 5.92 Å². The summed E-state index contributed by atoms with van der Waals surface area (Å²) in [7, 11) is 0. The van der Waals surface area contributed by atoms with E-state index in [-0.39, 0.29) is 5.92 Å². The third-order valence-electron chi connectivity index (χ3n) is 3.55. The maximum absolute atomic E-state index is 11.9. The Labute approximate surface area is 124 Å². The molecule has 1 saturated carbocycles. The molecule has 1 fully saturated rings. The molecule has 1 aromatic rings. The lowest BCUT2D eigenvalue weighted by Crippen LogP contribution is -2.46. The molecule has 2 atom stereocenters. The fraction of sp³-hybridized carbons (Fsp3) is 0.500. The van der Waals surface area contributed by atoms with Crippen LogP contribution in [0.2, 0.25) is 0 Å². The van der Waals surface area contributed by atoms with Crippen LogP contribution in [0.1, 0.15) is 44.2 Å². The van der Waals surface area contributed by atoms with Crippen molar-refractivity contribution in [3.05, 3.63) is 35.4 Å². The van der Waals surface area contributed by atoms with E-state index in [2.05, 4.69) is 5.32 Å². The van der Waals surface area contributed by atoms with Gasteiger partial charge in [-0.1, -0.05) is 29.8 Å². The summed E-state index contributed by atoms with van der Waals surface area (Å²) < 4.78 is 5.15. The van der Waals surface area contributed by atoms with Crippen molar-refractivity contribution in [2.45, 2.75) is 51.2 Å². The molecule has 0 saturated heterocycles. The van der Waals surface area contributed by atoms with Gasteiger partial charge in [-0.25, -0.2) is 9.59 Å². The molecule has 0 spiro atoms. The second-order valence-electron chi connectivity index (χ2n) is 6.57. The standard InChI is InChI=1S/C16H21NO4/c1-10-5-7-11(8-6-10)12-9-16(12,13(18)19)17-14(20)21-15(2,3)4/h5-8,12H,9H2,1-4H3,(H,17,20)(H,18,19). The molecule has 1 aliphatic carbocycles. The van der Waals surface area contributed by atoms with Crippen molar-refractivity contribution >= 4 is 12.1 Å². The molecule has 0 radical (unpaired) electrons. The van der Waals surface area contributed by atoms with Gasteiger partial charge >= 0.3 is 12.1 Å². The molecule has 0 aromatic heterocycles. The number of benzene rings is 1. The number of aryl methyl sites for hydroxylation is 1. The summed E-state index contributed by atoms with van der Waals surface area (Å²) in [5, 5.41) is 12.0. The molecule has 5 nitrogen and oxygen atoms in total. The Bertz CT molecular complexity index is 559. The summed E-state index contributed by atoms with van der Waals surface area (Å²) in [5.41, 5.74) is 0.120. The number of carbonyl (C=O) groups is 2. The second-order valence-corrected chi connectivity index (χ2v) is 6.57. The summed E-state index contributed by atoms with van der Waals surface area (Å²) in [5.74, 6) is -1.25. The van der Waals surface area contributed by atoms with E-state index in [9.17, 15) is 14.7 Å². The van der Waals surface area contributed by atoms with Crippen LogP contribution in [-0.4, -0.2) is 28.3 Å². The molecular weight excluding hydrogens is 270 g/mol. The van der Waals surface area contributed by atoms with Crippen LogP contribution >= 0.6 is 0 Å². The number of nitrogens with one attached hydrogen (secondary N) is 1. The van der Waals surface area contributed by atoms with Crippen molar-refractivity contribution in [1.82, 2.24) is 5.32 Å². The normalized spacial score (nSPS) is 24.3. The van der Waals surface area contributed by atoms with Crippen molar-refractivity contribution in [2.75, 3.05) is 0 Å². The predicted molar refractivity (Wildman–Crippen MR) is 78.3 cm³/mol. The summed E-state index contributed by atoms with van der Waals surface area (Å²) in [4.78, 5) is 23.4. The maximum atomic E-state index is 11.9. The zero-order valence-corrected chi connectivity index (χ0v) is 12.8. The number of carboxylic acid groups (broad SMARTS) is 1. The van der Waals surface area contributed by atoms with Crippen LogP contribution in [0.5, 0.6) is 0 Å². The van der Waals surface area contributed by atoms with Gasteiger partial charge < -0.3 is 15.2 Å². The van der Waals surface area contributed by atoms with Crippen molar-refractivity contribution in [2.24, 2.45) is 0 Å². The number of alkyl carbamates (subject to hydrolysis) is 1. The Morgan fingerprint density at radius 3 is 2.33 bits per heavy atom. The topological polar surface area (TPSA) is 75.6 Å². The van der Waals surface area contributed by atoms with Gasteiger partial charge in [0.15, 0.2) is 0 Å². The SMILES string of the molecule is Cc1ccc(C2CC2(NC(=O)OC(C)(C)C)C(=O)O)cc1. The van der Waals surface area contributed by atoms with E-state index < -0.39 is 23.2 Å². The molecule has 2 rings (SSSR count). The first kappa shape index (κ1) is 15.4. The average molecular weight is 291 g/mol. The van der Waals surface area contributed by atoms with Crippen LogP contribution in [0.4, 0.5) is 4.79 Å². The van der Waals surface area contributed by atoms with Gasteiger partial charge in [0.05, 0.1) is 0 Å². The molecule has 1 aliphatic rings. The number of aliphatic carboxylic acids is 1. The highest BCUT2D eigenvalue weighted by atomic mass is 16.6. The van der Waals surface area contributed by atoms with E-state index in [0.29, 0.717) is 6.42 Å². The smallest absolute Gasteiger partial charge is 0.408 e. The molecule has 21 heavy (non-hydrogen) atoms. The molecule has 0 bridgehead atoms. The van der Waals surface area contributed by atoms with Crippen molar-refractivity contribution in [3.63, 3.8) is 0 Å². The minimum Gasteiger partial charge on any atom is -0.479 e. The first-order chi connectivity index (χ1) is 9.64. The number of carboxylic acids is 1. The summed E-state index contributed by atoms with van der Waals surface area (Å²) >= 11 is 0. The lowest BCUT2D eigenvalue weighted by atomic mass is 10.0. The van der Waals surface area contributed by atoms with Gasteiger partial charge in [0.2, 0.25) is 0 Å². The first-order valence-electron chi connectivity index (χ1n) is 6.95. The maximum Gasteiger partial charge on any atom is 0.408 e. The Hall–Kier alpha value is -2.04. The zero-order chi connectivity index (χ0) is 15.8. The molecule has 2 unspecified atom stereocenters. The number of ether oxygens (including phenoxy) is 1. The molecule has 0 aliphatic heterocycles. The van der Waals surface area contributed by atoms with E-state index in [1.165, 1.54) is 0 Å². The van der Waals surface area contributed by atoms with E-state index in [1.807, 2.05) is 31.2 Å². The molecule has 114 valence electrons. The summed E-state index contributed by atoms with van der Waals surface area (Å²) in [6.07, 6.45) is -0.315. The molecule has 1 amide bonds. The third-order valence-corrected chi connectivity index (χ3v) is 3.55. The van der Waals surface area contributed by atoms with Crippen LogP contribution in [0.3, 0.4) is 0 Å². The number of carbonyl (C=O) groups excluding carboxylic acids is 1. The molecule has 0 heterocycles. The largest absolute Gasteiger partial charge is 0.479 e. The van der Waals surface area contributed by atoms with Crippen LogP contribution < -0.4 is 5.32 Å². The van der Waals surface area contributed by atoms with E-state index in [1.54, 1.807) is 20.8 Å². The molecule has 5 heteroatoms. The predicted octanol–water partition coefficient (Wildman–Crippen LogP) is 2.83. The van der Waals surface area contributed by atoms with Gasteiger partial charge in [-0.2, -0.15) is 0 Å². The highest BCUT2D eigenvalue weighted by Crippen LogP contribution is 2.51. The van der Waals surface area contributed by atoms with Crippen LogP contribution in [0.25, 0.3) is 0 Å². The second kappa shape index (κ2) is 5.06. The minimum absolute atomic E-state index is 0.219. The number of hydrogen-bond donors (Lipinski definition) is 2. The van der Waals surface area contributed by atoms with Crippen molar-refractivity contribution in [3.8, 4) is 0 Å². The molecule has 1 aromatic carbocycles. The van der Waals surface area contributed by atoms with Gasteiger partial charge in [-0.15, -0.1) is 0 Å². The Morgan fingerprint density at radius 1 is 1.29 bits per heavy atom. The van der Waals surface area contributed by atoms with Crippen molar-refractivity contribution in [1.29, 1.82) is 0 Å². The first-order valence-corrected chi connectivity index (χ1v) is 6.95. The fourth-order valence-electron chi connectivity index (χ4n) is 2.38. The molecule has 2 N–H and O–H groups in total. The van der Waals surface area contributed by atoms with Crippen molar-refractivity contribution < 1.29 is 19.4 Å². The minimum atomic E-state index is -1.25. The van der Waals surface area contributed by atoms with Crippen LogP contribution in [0, 0.1) is 6.92 Å². The van der Waals surface area contributed by atoms with E-state index >= 15 is 0 Å². The fourth-order valence-corrected chi connectivity index (χ4v) is 2.38. The Kier molecular flexibility index (Phi) is 3.70.